The number of amides is 2. The molecule has 2 unspecified atom stereocenters. The van der Waals surface area contributed by atoms with E-state index in [1.165, 1.54) is 0 Å². The molecule has 2 fully saturated rings. The molecule has 2 aliphatic rings. The summed E-state index contributed by atoms with van der Waals surface area (Å²) < 4.78 is 0. The molecule has 0 aromatic heterocycles. The predicted molar refractivity (Wildman–Crippen MR) is 65.3 cm³/mol. The normalized spacial score (nSPS) is 31.7. The zero-order chi connectivity index (χ0) is 12.8. The topological polar surface area (TPSA) is 49.4 Å². The largest absolute Gasteiger partial charge is 0.340 e. The molecule has 1 heterocycles. The van der Waals surface area contributed by atoms with Crippen LogP contribution in [0.3, 0.4) is 0 Å². The number of rotatable bonds is 3. The third-order valence-electron chi connectivity index (χ3n) is 4.27. The zero-order valence-electron chi connectivity index (χ0n) is 11.1. The van der Waals surface area contributed by atoms with E-state index >= 15 is 0 Å². The van der Waals surface area contributed by atoms with Crippen LogP contribution in [0.25, 0.3) is 0 Å². The highest BCUT2D eigenvalue weighted by molar-refractivity contribution is 5.98. The van der Waals surface area contributed by atoms with Crippen LogP contribution in [-0.2, 0) is 9.59 Å². The first kappa shape index (κ1) is 12.4. The summed E-state index contributed by atoms with van der Waals surface area (Å²) in [5.74, 6) is 0.779. The summed E-state index contributed by atoms with van der Waals surface area (Å²) in [5, 5.41) is 2.90. The van der Waals surface area contributed by atoms with Crippen LogP contribution in [0, 0.1) is 11.8 Å². The molecular formula is C13H22N2O2. The van der Waals surface area contributed by atoms with E-state index in [-0.39, 0.29) is 24.4 Å². The van der Waals surface area contributed by atoms with E-state index in [0.717, 1.165) is 12.8 Å². The molecule has 2 amide bonds. The first-order valence-corrected chi connectivity index (χ1v) is 6.48. The summed E-state index contributed by atoms with van der Waals surface area (Å²) in [6.07, 6.45) is 2.10. The van der Waals surface area contributed by atoms with Gasteiger partial charge < -0.3 is 10.2 Å². The van der Waals surface area contributed by atoms with Gasteiger partial charge in [-0.2, -0.15) is 0 Å². The maximum atomic E-state index is 12.5. The van der Waals surface area contributed by atoms with Gasteiger partial charge in [0.15, 0.2) is 0 Å². The van der Waals surface area contributed by atoms with Crippen LogP contribution >= 0.6 is 0 Å². The number of nitrogens with one attached hydrogen (secondary N) is 1. The third kappa shape index (κ3) is 2.05. The van der Waals surface area contributed by atoms with Crippen LogP contribution in [0.5, 0.6) is 0 Å². The summed E-state index contributed by atoms with van der Waals surface area (Å²) in [6, 6.07) is 0.117. The van der Waals surface area contributed by atoms with Crippen molar-refractivity contribution in [2.45, 2.75) is 52.1 Å². The van der Waals surface area contributed by atoms with Gasteiger partial charge in [-0.3, -0.25) is 9.59 Å². The van der Waals surface area contributed by atoms with Crippen molar-refractivity contribution in [3.63, 3.8) is 0 Å². The monoisotopic (exact) mass is 238 g/mol. The minimum atomic E-state index is -0.654. The van der Waals surface area contributed by atoms with Crippen molar-refractivity contribution in [2.75, 3.05) is 6.54 Å². The number of hydrogen-bond acceptors (Lipinski definition) is 2. The second kappa shape index (κ2) is 4.00. The Hall–Kier alpha value is -1.06. The second-order valence-corrected chi connectivity index (χ2v) is 5.94. The van der Waals surface area contributed by atoms with Crippen molar-refractivity contribution in [1.82, 2.24) is 10.2 Å². The molecule has 1 aliphatic heterocycles. The molecule has 0 radical (unpaired) electrons. The molecule has 2 rings (SSSR count). The minimum Gasteiger partial charge on any atom is -0.340 e. The molecule has 1 saturated heterocycles. The van der Waals surface area contributed by atoms with Gasteiger partial charge in [0.25, 0.3) is 0 Å². The fourth-order valence-corrected chi connectivity index (χ4v) is 2.53. The lowest BCUT2D eigenvalue weighted by Gasteiger charge is -2.43. The first-order chi connectivity index (χ1) is 7.86. The Kier molecular flexibility index (Phi) is 2.92. The fourth-order valence-electron chi connectivity index (χ4n) is 2.53. The standard InChI is InChI=1S/C13H22N2O2/c1-8(2)9(3)15-7-11(16)14-13(4,12(15)17)10-5-6-10/h8-10H,5-7H2,1-4H3,(H,14,16). The van der Waals surface area contributed by atoms with Gasteiger partial charge in [-0.15, -0.1) is 0 Å². The van der Waals surface area contributed by atoms with Gasteiger partial charge >= 0.3 is 0 Å². The van der Waals surface area contributed by atoms with E-state index in [0.29, 0.717) is 11.8 Å². The van der Waals surface area contributed by atoms with Crippen molar-refractivity contribution in [3.8, 4) is 0 Å². The van der Waals surface area contributed by atoms with E-state index in [4.69, 9.17) is 0 Å². The van der Waals surface area contributed by atoms with E-state index in [9.17, 15) is 9.59 Å². The summed E-state index contributed by atoms with van der Waals surface area (Å²) in [7, 11) is 0. The maximum Gasteiger partial charge on any atom is 0.249 e. The average Bonchev–Trinajstić information content (AvgIpc) is 3.05. The lowest BCUT2D eigenvalue weighted by Crippen LogP contribution is -2.68. The van der Waals surface area contributed by atoms with Gasteiger partial charge in [-0.1, -0.05) is 13.8 Å². The Morgan fingerprint density at radius 1 is 1.29 bits per heavy atom. The number of hydrogen-bond donors (Lipinski definition) is 1. The van der Waals surface area contributed by atoms with Crippen molar-refractivity contribution < 1.29 is 9.59 Å². The van der Waals surface area contributed by atoms with Crippen LogP contribution < -0.4 is 5.32 Å². The number of piperazine rings is 1. The summed E-state index contributed by atoms with van der Waals surface area (Å²) >= 11 is 0. The number of carbonyl (C=O) groups is 2. The van der Waals surface area contributed by atoms with Crippen molar-refractivity contribution >= 4 is 11.8 Å². The van der Waals surface area contributed by atoms with Crippen LogP contribution in [0.1, 0.15) is 40.5 Å². The molecule has 4 nitrogen and oxygen atoms in total. The van der Waals surface area contributed by atoms with E-state index < -0.39 is 5.54 Å². The molecule has 2 atom stereocenters. The molecule has 4 heteroatoms. The maximum absolute atomic E-state index is 12.5. The van der Waals surface area contributed by atoms with Crippen molar-refractivity contribution in [2.24, 2.45) is 11.8 Å². The highest BCUT2D eigenvalue weighted by atomic mass is 16.2. The molecule has 96 valence electrons. The average molecular weight is 238 g/mol. The first-order valence-electron chi connectivity index (χ1n) is 6.48. The number of carbonyl (C=O) groups excluding carboxylic acids is 2. The summed E-state index contributed by atoms with van der Waals surface area (Å²) in [6.45, 7) is 8.27. The van der Waals surface area contributed by atoms with Crippen LogP contribution in [-0.4, -0.2) is 34.8 Å². The Labute approximate surface area is 103 Å². The Morgan fingerprint density at radius 2 is 1.88 bits per heavy atom. The van der Waals surface area contributed by atoms with Gasteiger partial charge in [-0.05, 0) is 38.5 Å². The lowest BCUT2D eigenvalue weighted by molar-refractivity contribution is -0.153. The minimum absolute atomic E-state index is 0.0218. The van der Waals surface area contributed by atoms with Gasteiger partial charge in [-0.25, -0.2) is 0 Å². The lowest BCUT2D eigenvalue weighted by atomic mass is 9.89. The molecule has 1 aliphatic carbocycles. The third-order valence-corrected chi connectivity index (χ3v) is 4.27. The van der Waals surface area contributed by atoms with Crippen LogP contribution in [0.4, 0.5) is 0 Å². The highest BCUT2D eigenvalue weighted by Crippen LogP contribution is 2.42. The fraction of sp³-hybridized carbons (Fsp3) is 0.846. The van der Waals surface area contributed by atoms with E-state index in [1.54, 1.807) is 4.90 Å². The molecule has 0 spiro atoms. The summed E-state index contributed by atoms with van der Waals surface area (Å²) in [5.41, 5.74) is -0.654. The summed E-state index contributed by atoms with van der Waals surface area (Å²) in [4.78, 5) is 26.1. The molecule has 1 N–H and O–H groups in total. The smallest absolute Gasteiger partial charge is 0.249 e. The van der Waals surface area contributed by atoms with E-state index in [2.05, 4.69) is 19.2 Å². The molecular weight excluding hydrogens is 216 g/mol. The highest BCUT2D eigenvalue weighted by Gasteiger charge is 2.53. The number of nitrogens with zero attached hydrogens (tertiary/aromatic N) is 1. The van der Waals surface area contributed by atoms with E-state index in [1.807, 2.05) is 13.8 Å². The Morgan fingerprint density at radius 3 is 2.35 bits per heavy atom. The zero-order valence-corrected chi connectivity index (χ0v) is 11.1. The van der Waals surface area contributed by atoms with Crippen LogP contribution in [0.15, 0.2) is 0 Å². The molecule has 17 heavy (non-hydrogen) atoms. The van der Waals surface area contributed by atoms with Gasteiger partial charge in [0.2, 0.25) is 11.8 Å². The van der Waals surface area contributed by atoms with Crippen molar-refractivity contribution in [1.29, 1.82) is 0 Å². The molecule has 1 saturated carbocycles. The predicted octanol–water partition coefficient (Wildman–Crippen LogP) is 1.16. The molecule has 0 bridgehead atoms. The van der Waals surface area contributed by atoms with Gasteiger partial charge in [0.05, 0.1) is 6.54 Å². The van der Waals surface area contributed by atoms with Gasteiger partial charge in [0.1, 0.15) is 5.54 Å². The Bertz CT molecular complexity index is 349. The SMILES string of the molecule is CC(C)C(C)N1CC(=O)NC(C)(C2CC2)C1=O. The van der Waals surface area contributed by atoms with Crippen molar-refractivity contribution in [3.05, 3.63) is 0 Å². The quantitative estimate of drug-likeness (QED) is 0.802. The van der Waals surface area contributed by atoms with Gasteiger partial charge in [0, 0.05) is 6.04 Å². The Balaban J connectivity index is 2.22. The molecule has 0 aromatic carbocycles. The second-order valence-electron chi connectivity index (χ2n) is 5.94. The molecule has 0 aromatic rings. The van der Waals surface area contributed by atoms with Crippen LogP contribution in [0.2, 0.25) is 0 Å².